The van der Waals surface area contributed by atoms with Crippen molar-refractivity contribution in [2.75, 3.05) is 0 Å². The van der Waals surface area contributed by atoms with Crippen LogP contribution in [0.15, 0.2) is 47.1 Å². The fourth-order valence-corrected chi connectivity index (χ4v) is 3.00. The van der Waals surface area contributed by atoms with Gasteiger partial charge in [0.05, 0.1) is 0 Å². The quantitative estimate of drug-likeness (QED) is 0.377. The van der Waals surface area contributed by atoms with Crippen LogP contribution in [0.25, 0.3) is 0 Å². The van der Waals surface area contributed by atoms with Crippen LogP contribution < -0.4 is 0 Å². The van der Waals surface area contributed by atoms with E-state index in [0.29, 0.717) is 18.4 Å². The molecular weight excluding hydrogens is 288 g/mol. The van der Waals surface area contributed by atoms with Crippen LogP contribution in [-0.4, -0.2) is 17.9 Å². The molecule has 1 fully saturated rings. The molecule has 0 aromatic heterocycles. The molecule has 1 heterocycles. The Morgan fingerprint density at radius 1 is 1.04 bits per heavy atom. The van der Waals surface area contributed by atoms with E-state index in [1.807, 2.05) is 19.1 Å². The maximum atomic E-state index is 12.2. The Hall–Kier alpha value is -1.90. The predicted molar refractivity (Wildman–Crippen MR) is 91.9 cm³/mol. The lowest BCUT2D eigenvalue weighted by atomic mass is 9.90. The fourth-order valence-electron chi connectivity index (χ4n) is 3.00. The zero-order valence-electron chi connectivity index (χ0n) is 14.4. The van der Waals surface area contributed by atoms with Gasteiger partial charge in [0.15, 0.2) is 5.78 Å². The fraction of sp³-hybridized carbons (Fsp3) is 0.500. The Kier molecular flexibility index (Phi) is 5.75. The first-order chi connectivity index (χ1) is 10.9. The third kappa shape index (κ3) is 4.54. The molecule has 0 saturated carbocycles. The molecule has 0 unspecified atom stereocenters. The van der Waals surface area contributed by atoms with Gasteiger partial charge in [0, 0.05) is 17.9 Å². The first-order valence-electron chi connectivity index (χ1n) is 8.31. The normalized spacial score (nSPS) is 34.2. The summed E-state index contributed by atoms with van der Waals surface area (Å²) in [4.78, 5) is 24.0. The van der Waals surface area contributed by atoms with Gasteiger partial charge < -0.3 is 4.74 Å². The number of Topliss-reactive ketones (excluding diaryl/α,β-unsaturated/α-hetero) is 1. The molecule has 0 aromatic carbocycles. The molecule has 3 nitrogen and oxygen atoms in total. The minimum Gasteiger partial charge on any atom is -0.454 e. The molecular formula is C20H26O3. The molecule has 0 amide bonds. The minimum atomic E-state index is -0.318. The predicted octanol–water partition coefficient (Wildman–Crippen LogP) is 4.46. The molecule has 0 N–H and O–H groups in total. The summed E-state index contributed by atoms with van der Waals surface area (Å²) < 4.78 is 5.45. The number of hydrogen-bond donors (Lipinski definition) is 0. The summed E-state index contributed by atoms with van der Waals surface area (Å²) in [5.74, 6) is -0.212. The van der Waals surface area contributed by atoms with Crippen LogP contribution in [0.1, 0.15) is 52.9 Å². The molecule has 0 radical (unpaired) electrons. The summed E-state index contributed by atoms with van der Waals surface area (Å²) in [6, 6.07) is 0. The monoisotopic (exact) mass is 314 g/mol. The number of fused-ring (bicyclic) bond motifs is 1. The van der Waals surface area contributed by atoms with Crippen molar-refractivity contribution in [3.8, 4) is 0 Å². The number of ether oxygens (including phenoxy) is 1. The van der Waals surface area contributed by atoms with Crippen LogP contribution in [0.3, 0.4) is 0 Å². The van der Waals surface area contributed by atoms with Crippen LogP contribution >= 0.6 is 0 Å². The lowest BCUT2D eigenvalue weighted by molar-refractivity contribution is -0.137. The van der Waals surface area contributed by atoms with Gasteiger partial charge in [0.1, 0.15) is 6.10 Å². The Labute approximate surface area is 138 Å². The van der Waals surface area contributed by atoms with E-state index in [1.165, 1.54) is 11.1 Å². The highest BCUT2D eigenvalue weighted by molar-refractivity contribution is 5.95. The summed E-state index contributed by atoms with van der Waals surface area (Å²) in [7, 11) is 0. The highest BCUT2D eigenvalue weighted by atomic mass is 16.5. The lowest BCUT2D eigenvalue weighted by Crippen LogP contribution is -2.14. The zero-order chi connectivity index (χ0) is 17.0. The first-order valence-corrected chi connectivity index (χ1v) is 8.31. The summed E-state index contributed by atoms with van der Waals surface area (Å²) in [6.45, 7) is 9.88. The first kappa shape index (κ1) is 17.5. The van der Waals surface area contributed by atoms with E-state index in [-0.39, 0.29) is 23.8 Å². The number of rotatable bonds is 0. The summed E-state index contributed by atoms with van der Waals surface area (Å²) >= 11 is 0. The Bertz CT molecular complexity index is 604. The van der Waals surface area contributed by atoms with Crippen LogP contribution in [-0.2, 0) is 14.3 Å². The van der Waals surface area contributed by atoms with Crippen LogP contribution in [0, 0.1) is 5.92 Å². The molecule has 0 aromatic rings. The maximum Gasteiger partial charge on any atom is 0.334 e. The van der Waals surface area contributed by atoms with E-state index < -0.39 is 0 Å². The van der Waals surface area contributed by atoms with E-state index in [4.69, 9.17) is 4.74 Å². The van der Waals surface area contributed by atoms with Crippen molar-refractivity contribution in [3.63, 3.8) is 0 Å². The number of hydrogen-bond acceptors (Lipinski definition) is 3. The Morgan fingerprint density at radius 3 is 2.52 bits per heavy atom. The van der Waals surface area contributed by atoms with E-state index in [9.17, 15) is 9.59 Å². The number of ketones is 1. The molecule has 2 rings (SSSR count). The number of carbonyl (C=O) groups is 2. The molecule has 0 bridgehead atoms. The summed E-state index contributed by atoms with van der Waals surface area (Å²) in [6.07, 6.45) is 9.77. The van der Waals surface area contributed by atoms with Gasteiger partial charge >= 0.3 is 5.97 Å². The van der Waals surface area contributed by atoms with E-state index >= 15 is 0 Å². The van der Waals surface area contributed by atoms with E-state index in [0.717, 1.165) is 24.8 Å². The highest BCUT2D eigenvalue weighted by Crippen LogP contribution is 2.32. The average molecular weight is 314 g/mol. The van der Waals surface area contributed by atoms with E-state index in [1.54, 1.807) is 0 Å². The van der Waals surface area contributed by atoms with Crippen molar-refractivity contribution < 1.29 is 14.3 Å². The molecule has 3 heteroatoms. The second-order valence-electron chi connectivity index (χ2n) is 6.65. The highest BCUT2D eigenvalue weighted by Gasteiger charge is 2.36. The number of carbonyl (C=O) groups excluding carboxylic acids is 2. The van der Waals surface area contributed by atoms with Gasteiger partial charge in [-0.05, 0) is 58.1 Å². The van der Waals surface area contributed by atoms with Crippen molar-refractivity contribution in [2.24, 2.45) is 5.92 Å². The molecule has 23 heavy (non-hydrogen) atoms. The molecule has 1 aliphatic heterocycles. The smallest absolute Gasteiger partial charge is 0.334 e. The zero-order valence-corrected chi connectivity index (χ0v) is 14.4. The van der Waals surface area contributed by atoms with Gasteiger partial charge in [-0.2, -0.15) is 0 Å². The number of esters is 1. The van der Waals surface area contributed by atoms with Crippen molar-refractivity contribution >= 4 is 11.8 Å². The second-order valence-corrected chi connectivity index (χ2v) is 6.65. The summed E-state index contributed by atoms with van der Waals surface area (Å²) in [5.41, 5.74) is 3.76. The van der Waals surface area contributed by atoms with Gasteiger partial charge in [0.25, 0.3) is 0 Å². The minimum absolute atomic E-state index is 0.0691. The lowest BCUT2D eigenvalue weighted by Gasteiger charge is -2.15. The topological polar surface area (TPSA) is 43.4 Å². The molecule has 2 aliphatic rings. The van der Waals surface area contributed by atoms with Gasteiger partial charge in [0.2, 0.25) is 0 Å². The van der Waals surface area contributed by atoms with Crippen molar-refractivity contribution in [1.82, 2.24) is 0 Å². The Morgan fingerprint density at radius 2 is 1.78 bits per heavy atom. The standard InChI is InChI=1S/C20H26O3/c1-13-6-5-7-14(2)12-19-17(16(4)20(22)23-19)10-9-15(3)18(21)11-8-13/h6,9,12,17,19H,4-5,7-8,10-11H2,1-3H3/b13-6+,14-12+,15-9-/t17-,19-/m1/s1. The van der Waals surface area contributed by atoms with Gasteiger partial charge in [-0.25, -0.2) is 4.79 Å². The van der Waals surface area contributed by atoms with Crippen LogP contribution in [0.4, 0.5) is 0 Å². The third-order valence-corrected chi connectivity index (χ3v) is 4.69. The van der Waals surface area contributed by atoms with Gasteiger partial charge in [-0.1, -0.05) is 29.9 Å². The molecule has 124 valence electrons. The van der Waals surface area contributed by atoms with Crippen molar-refractivity contribution in [3.05, 3.63) is 47.1 Å². The Balaban J connectivity index is 2.28. The van der Waals surface area contributed by atoms with Gasteiger partial charge in [-0.3, -0.25) is 4.79 Å². The summed E-state index contributed by atoms with van der Waals surface area (Å²) in [5, 5.41) is 0. The molecule has 0 spiro atoms. The van der Waals surface area contributed by atoms with Crippen LogP contribution in [0.2, 0.25) is 0 Å². The second kappa shape index (κ2) is 7.58. The van der Waals surface area contributed by atoms with Crippen molar-refractivity contribution in [2.45, 2.75) is 59.0 Å². The largest absolute Gasteiger partial charge is 0.454 e. The average Bonchev–Trinajstić information content (AvgIpc) is 2.76. The maximum absolute atomic E-state index is 12.2. The van der Waals surface area contributed by atoms with Crippen molar-refractivity contribution in [1.29, 1.82) is 0 Å². The van der Waals surface area contributed by atoms with Gasteiger partial charge in [-0.15, -0.1) is 0 Å². The number of allylic oxidation sites excluding steroid dienone is 5. The molecule has 2 atom stereocenters. The molecule has 1 saturated heterocycles. The van der Waals surface area contributed by atoms with Crippen LogP contribution in [0.5, 0.6) is 0 Å². The third-order valence-electron chi connectivity index (χ3n) is 4.69. The van der Waals surface area contributed by atoms with E-state index in [2.05, 4.69) is 26.5 Å². The molecule has 1 aliphatic carbocycles. The SMILES string of the molecule is C=C1C(=O)O[C@@H]2/C=C(\C)CC/C=C(\C)CCC(=O)/C(C)=C\C[C@H]12.